The predicted molar refractivity (Wildman–Crippen MR) is 104 cm³/mol. The van der Waals surface area contributed by atoms with E-state index in [0.29, 0.717) is 25.5 Å². The number of carbonyl (C=O) groups is 2. The number of carbonyl (C=O) groups excluding carboxylic acids is 2. The summed E-state index contributed by atoms with van der Waals surface area (Å²) in [6.07, 6.45) is 4.39. The Kier molecular flexibility index (Phi) is 5.76. The molecule has 1 atom stereocenters. The Morgan fingerprint density at radius 3 is 2.43 bits per heavy atom. The number of hydrogen-bond donors (Lipinski definition) is 0. The van der Waals surface area contributed by atoms with Crippen molar-refractivity contribution in [3.63, 3.8) is 0 Å². The average Bonchev–Trinajstić information content (AvgIpc) is 3.02. The van der Waals surface area contributed by atoms with Crippen LogP contribution in [0.5, 0.6) is 0 Å². The van der Waals surface area contributed by atoms with E-state index in [1.807, 2.05) is 20.8 Å². The standard InChI is InChI=1S/C20H30N4O4/c1-13(2)16-12-27-19(26)24(16)17-11-21-15(10-22-17)14-6-8-23(9-7-14)18(25)28-20(3,4)5/h10-11,13-14,16H,6-9,12H2,1-5H3. The minimum Gasteiger partial charge on any atom is -0.447 e. The van der Waals surface area contributed by atoms with Crippen molar-refractivity contribution in [3.8, 4) is 0 Å². The highest BCUT2D eigenvalue weighted by Crippen LogP contribution is 2.29. The Balaban J connectivity index is 1.61. The largest absolute Gasteiger partial charge is 0.447 e. The smallest absolute Gasteiger partial charge is 0.415 e. The Bertz CT molecular complexity index is 706. The maximum atomic E-state index is 12.2. The first-order valence-electron chi connectivity index (χ1n) is 9.91. The predicted octanol–water partition coefficient (Wildman–Crippen LogP) is 3.57. The number of ether oxygens (including phenoxy) is 2. The van der Waals surface area contributed by atoms with Crippen LogP contribution in [0.3, 0.4) is 0 Å². The van der Waals surface area contributed by atoms with Gasteiger partial charge in [-0.2, -0.15) is 0 Å². The van der Waals surface area contributed by atoms with Gasteiger partial charge in [-0.3, -0.25) is 9.88 Å². The fourth-order valence-corrected chi connectivity index (χ4v) is 3.54. The van der Waals surface area contributed by atoms with Crippen LogP contribution in [-0.4, -0.2) is 58.4 Å². The van der Waals surface area contributed by atoms with Gasteiger partial charge in [0.25, 0.3) is 0 Å². The van der Waals surface area contributed by atoms with Crippen molar-refractivity contribution in [2.45, 2.75) is 65.0 Å². The third kappa shape index (κ3) is 4.54. The number of anilines is 1. The van der Waals surface area contributed by atoms with Crippen molar-refractivity contribution in [2.24, 2.45) is 5.92 Å². The van der Waals surface area contributed by atoms with E-state index < -0.39 is 5.60 Å². The lowest BCUT2D eigenvalue weighted by Gasteiger charge is -2.33. The van der Waals surface area contributed by atoms with Crippen molar-refractivity contribution < 1.29 is 19.1 Å². The lowest BCUT2D eigenvalue weighted by Crippen LogP contribution is -2.41. The molecule has 8 nitrogen and oxygen atoms in total. The van der Waals surface area contributed by atoms with E-state index in [-0.39, 0.29) is 30.1 Å². The summed E-state index contributed by atoms with van der Waals surface area (Å²) in [5.41, 5.74) is 0.404. The summed E-state index contributed by atoms with van der Waals surface area (Å²) in [7, 11) is 0. The van der Waals surface area contributed by atoms with E-state index in [1.165, 1.54) is 0 Å². The Labute approximate surface area is 166 Å². The number of nitrogens with zero attached hydrogens (tertiary/aromatic N) is 4. The normalized spacial score (nSPS) is 21.2. The van der Waals surface area contributed by atoms with Crippen LogP contribution < -0.4 is 4.90 Å². The molecule has 0 bridgehead atoms. The van der Waals surface area contributed by atoms with Crippen LogP contribution in [0.15, 0.2) is 12.4 Å². The van der Waals surface area contributed by atoms with Crippen LogP contribution in [0.2, 0.25) is 0 Å². The number of hydrogen-bond acceptors (Lipinski definition) is 6. The van der Waals surface area contributed by atoms with E-state index in [9.17, 15) is 9.59 Å². The molecule has 0 saturated carbocycles. The Hall–Kier alpha value is -2.38. The minimum atomic E-state index is -0.486. The van der Waals surface area contributed by atoms with Gasteiger partial charge in [-0.15, -0.1) is 0 Å². The van der Waals surface area contributed by atoms with E-state index in [2.05, 4.69) is 23.8 Å². The molecule has 0 spiro atoms. The maximum Gasteiger partial charge on any atom is 0.415 e. The molecule has 3 rings (SSSR count). The molecule has 8 heteroatoms. The minimum absolute atomic E-state index is 0.0234. The van der Waals surface area contributed by atoms with Crippen LogP contribution in [0, 0.1) is 5.92 Å². The van der Waals surface area contributed by atoms with Crippen molar-refractivity contribution in [2.75, 3.05) is 24.6 Å². The molecule has 1 unspecified atom stereocenters. The number of aromatic nitrogens is 2. The van der Waals surface area contributed by atoms with Crippen LogP contribution >= 0.6 is 0 Å². The fourth-order valence-electron chi connectivity index (χ4n) is 3.54. The Morgan fingerprint density at radius 1 is 1.21 bits per heavy atom. The quantitative estimate of drug-likeness (QED) is 0.784. The van der Waals surface area contributed by atoms with Crippen LogP contribution in [0.1, 0.15) is 59.1 Å². The molecule has 1 aromatic rings. The first kappa shape index (κ1) is 20.4. The van der Waals surface area contributed by atoms with Gasteiger partial charge in [0.2, 0.25) is 0 Å². The monoisotopic (exact) mass is 390 g/mol. The Morgan fingerprint density at radius 2 is 1.89 bits per heavy atom. The number of rotatable bonds is 3. The molecular formula is C20H30N4O4. The number of cyclic esters (lactones) is 1. The summed E-state index contributed by atoms with van der Waals surface area (Å²) in [6.45, 7) is 11.4. The van der Waals surface area contributed by atoms with Crippen LogP contribution in [0.25, 0.3) is 0 Å². The topological polar surface area (TPSA) is 84.9 Å². The molecule has 2 aliphatic heterocycles. The van der Waals surface area contributed by atoms with Gasteiger partial charge in [0.05, 0.1) is 24.1 Å². The van der Waals surface area contributed by atoms with Crippen molar-refractivity contribution in [1.82, 2.24) is 14.9 Å². The second-order valence-electron chi connectivity index (χ2n) is 8.80. The summed E-state index contributed by atoms with van der Waals surface area (Å²) < 4.78 is 10.6. The number of piperidine rings is 1. The third-order valence-electron chi connectivity index (χ3n) is 5.15. The molecule has 0 radical (unpaired) electrons. The van der Waals surface area contributed by atoms with Gasteiger partial charge in [0.15, 0.2) is 5.82 Å². The van der Waals surface area contributed by atoms with Gasteiger partial charge in [0, 0.05) is 19.0 Å². The highest BCUT2D eigenvalue weighted by Gasteiger charge is 2.37. The zero-order chi connectivity index (χ0) is 20.5. The van der Waals surface area contributed by atoms with E-state index in [1.54, 1.807) is 22.2 Å². The van der Waals surface area contributed by atoms with Gasteiger partial charge in [-0.05, 0) is 39.5 Å². The highest BCUT2D eigenvalue weighted by molar-refractivity contribution is 5.88. The summed E-state index contributed by atoms with van der Waals surface area (Å²) in [5.74, 6) is 1.04. The summed E-state index contributed by atoms with van der Waals surface area (Å²) in [5, 5.41) is 0. The van der Waals surface area contributed by atoms with E-state index >= 15 is 0 Å². The molecular weight excluding hydrogens is 360 g/mol. The molecule has 2 amide bonds. The van der Waals surface area contributed by atoms with Crippen LogP contribution in [-0.2, 0) is 9.47 Å². The SMILES string of the molecule is CC(C)C1COC(=O)N1c1cnc(C2CCN(C(=O)OC(C)(C)C)CC2)cn1. The van der Waals surface area contributed by atoms with Gasteiger partial charge >= 0.3 is 12.2 Å². The second-order valence-corrected chi connectivity index (χ2v) is 8.80. The average molecular weight is 390 g/mol. The molecule has 1 aromatic heterocycles. The third-order valence-corrected chi connectivity index (χ3v) is 5.15. The molecule has 2 aliphatic rings. The van der Waals surface area contributed by atoms with Crippen LogP contribution in [0.4, 0.5) is 15.4 Å². The maximum absolute atomic E-state index is 12.2. The second kappa shape index (κ2) is 7.93. The fraction of sp³-hybridized carbons (Fsp3) is 0.700. The molecule has 0 N–H and O–H groups in total. The lowest BCUT2D eigenvalue weighted by molar-refractivity contribution is 0.0204. The zero-order valence-electron chi connectivity index (χ0n) is 17.3. The van der Waals surface area contributed by atoms with Gasteiger partial charge in [0.1, 0.15) is 12.2 Å². The van der Waals surface area contributed by atoms with Gasteiger partial charge in [-0.1, -0.05) is 13.8 Å². The molecule has 0 aromatic carbocycles. The van der Waals surface area contributed by atoms with E-state index in [4.69, 9.17) is 9.47 Å². The molecule has 3 heterocycles. The van der Waals surface area contributed by atoms with Gasteiger partial charge < -0.3 is 14.4 Å². The number of amides is 2. The highest BCUT2D eigenvalue weighted by atomic mass is 16.6. The molecule has 2 saturated heterocycles. The molecule has 28 heavy (non-hydrogen) atoms. The summed E-state index contributed by atoms with van der Waals surface area (Å²) >= 11 is 0. The number of likely N-dealkylation sites (tertiary alicyclic amines) is 1. The lowest BCUT2D eigenvalue weighted by atomic mass is 9.94. The summed E-state index contributed by atoms with van der Waals surface area (Å²) in [4.78, 5) is 36.6. The molecule has 0 aliphatic carbocycles. The van der Waals surface area contributed by atoms with E-state index in [0.717, 1.165) is 18.5 Å². The van der Waals surface area contributed by atoms with Crippen molar-refractivity contribution in [1.29, 1.82) is 0 Å². The van der Waals surface area contributed by atoms with Crippen molar-refractivity contribution in [3.05, 3.63) is 18.1 Å². The zero-order valence-corrected chi connectivity index (χ0v) is 17.3. The molecule has 2 fully saturated rings. The summed E-state index contributed by atoms with van der Waals surface area (Å²) in [6, 6.07) is -0.0234. The van der Waals surface area contributed by atoms with Gasteiger partial charge in [-0.25, -0.2) is 14.6 Å². The molecule has 154 valence electrons. The first-order chi connectivity index (χ1) is 13.2. The van der Waals surface area contributed by atoms with Crippen molar-refractivity contribution >= 4 is 18.0 Å². The first-order valence-corrected chi connectivity index (χ1v) is 9.91.